The number of ether oxygens (including phenoxy) is 1. The lowest BCUT2D eigenvalue weighted by molar-refractivity contribution is -0.149. The molecule has 4 heteroatoms. The highest BCUT2D eigenvalue weighted by Crippen LogP contribution is 2.34. The molecule has 0 aromatic heterocycles. The maximum absolute atomic E-state index is 11.2. The first-order valence-corrected chi connectivity index (χ1v) is 7.82. The number of rotatable bonds is 3. The lowest BCUT2D eigenvalue weighted by atomic mass is 9.80. The second-order valence-electron chi connectivity index (χ2n) is 6.38. The molecule has 1 spiro atoms. The predicted molar refractivity (Wildman–Crippen MR) is 81.9 cm³/mol. The van der Waals surface area contributed by atoms with Crippen LogP contribution in [0.1, 0.15) is 31.2 Å². The summed E-state index contributed by atoms with van der Waals surface area (Å²) in [5.41, 5.74) is 1.26. The Morgan fingerprint density at radius 3 is 2.62 bits per heavy atom. The number of benzene rings is 1. The lowest BCUT2D eigenvalue weighted by Crippen LogP contribution is -2.55. The molecule has 114 valence electrons. The van der Waals surface area contributed by atoms with E-state index in [0.29, 0.717) is 12.6 Å². The number of carbonyl (C=O) groups is 1. The number of morpholine rings is 1. The highest BCUT2D eigenvalue weighted by molar-refractivity contribution is 5.78. The van der Waals surface area contributed by atoms with E-state index in [1.165, 1.54) is 5.56 Å². The maximum atomic E-state index is 11.2. The Morgan fingerprint density at radius 1 is 1.29 bits per heavy atom. The Balaban J connectivity index is 1.52. The topological polar surface area (TPSA) is 41.6 Å². The van der Waals surface area contributed by atoms with Crippen LogP contribution < -0.4 is 5.32 Å². The van der Waals surface area contributed by atoms with Crippen molar-refractivity contribution in [3.8, 4) is 0 Å². The number of nitrogens with one attached hydrogen (secondary N) is 1. The quantitative estimate of drug-likeness (QED) is 0.924. The molecule has 0 bridgehead atoms. The summed E-state index contributed by atoms with van der Waals surface area (Å²) in [6.45, 7) is 1.90. The molecule has 0 atom stereocenters. The van der Waals surface area contributed by atoms with E-state index >= 15 is 0 Å². The summed E-state index contributed by atoms with van der Waals surface area (Å²) in [5, 5.41) is 2.95. The first kappa shape index (κ1) is 14.5. The molecule has 2 aliphatic rings. The molecule has 21 heavy (non-hydrogen) atoms. The maximum Gasteiger partial charge on any atom is 0.246 e. The Kier molecular flexibility index (Phi) is 4.27. The van der Waals surface area contributed by atoms with Crippen molar-refractivity contribution in [2.45, 2.75) is 43.9 Å². The number of nitrogens with zero attached hydrogens (tertiary/aromatic N) is 1. The Hall–Kier alpha value is -1.39. The number of carbonyl (C=O) groups excluding carboxylic acids is 1. The first-order chi connectivity index (χ1) is 10.2. The van der Waals surface area contributed by atoms with Gasteiger partial charge in [0, 0.05) is 19.1 Å². The fraction of sp³-hybridized carbons (Fsp3) is 0.588. The van der Waals surface area contributed by atoms with Gasteiger partial charge in [0.1, 0.15) is 6.61 Å². The fourth-order valence-electron chi connectivity index (χ4n) is 3.47. The van der Waals surface area contributed by atoms with Crippen LogP contribution in [0.2, 0.25) is 0 Å². The third kappa shape index (κ3) is 3.44. The van der Waals surface area contributed by atoms with Crippen LogP contribution in [0.5, 0.6) is 0 Å². The second kappa shape index (κ2) is 6.16. The molecule has 4 nitrogen and oxygen atoms in total. The van der Waals surface area contributed by atoms with Gasteiger partial charge in [0.05, 0.1) is 5.60 Å². The van der Waals surface area contributed by atoms with E-state index in [1.807, 2.05) is 0 Å². The SMILES string of the molecule is CN(Cc1ccccc1)C1CCC2(CC1)CNC(=O)CO2. The molecule has 0 radical (unpaired) electrons. The molecule has 3 rings (SSSR count). The molecular formula is C17H24N2O2. The van der Waals surface area contributed by atoms with Gasteiger partial charge in [-0.15, -0.1) is 0 Å². The molecule has 1 saturated carbocycles. The molecule has 1 N–H and O–H groups in total. The minimum absolute atomic E-state index is 0.0175. The first-order valence-electron chi connectivity index (χ1n) is 7.82. The largest absolute Gasteiger partial charge is 0.363 e. The third-order valence-corrected chi connectivity index (χ3v) is 4.88. The molecule has 1 aromatic carbocycles. The molecule has 1 heterocycles. The van der Waals surface area contributed by atoms with Crippen LogP contribution in [0.25, 0.3) is 0 Å². The minimum atomic E-state index is -0.0992. The lowest BCUT2D eigenvalue weighted by Gasteiger charge is -2.44. The predicted octanol–water partition coefficient (Wildman–Crippen LogP) is 1.95. The highest BCUT2D eigenvalue weighted by Gasteiger charge is 2.40. The summed E-state index contributed by atoms with van der Waals surface area (Å²) in [7, 11) is 2.21. The van der Waals surface area contributed by atoms with Crippen molar-refractivity contribution in [2.75, 3.05) is 20.2 Å². The van der Waals surface area contributed by atoms with Gasteiger partial charge in [-0.2, -0.15) is 0 Å². The van der Waals surface area contributed by atoms with Gasteiger partial charge in [0.25, 0.3) is 0 Å². The van der Waals surface area contributed by atoms with E-state index in [2.05, 4.69) is 47.6 Å². The zero-order chi connectivity index (χ0) is 14.7. The van der Waals surface area contributed by atoms with Crippen molar-refractivity contribution in [1.82, 2.24) is 10.2 Å². The molecule has 1 amide bonds. The van der Waals surface area contributed by atoms with Crippen molar-refractivity contribution < 1.29 is 9.53 Å². The van der Waals surface area contributed by atoms with Crippen molar-refractivity contribution in [2.24, 2.45) is 0 Å². The van der Waals surface area contributed by atoms with Crippen LogP contribution in [0.4, 0.5) is 0 Å². The summed E-state index contributed by atoms with van der Waals surface area (Å²) in [5.74, 6) is 0.0175. The fourth-order valence-corrected chi connectivity index (χ4v) is 3.47. The average molecular weight is 288 g/mol. The van der Waals surface area contributed by atoms with Crippen LogP contribution in [0.15, 0.2) is 30.3 Å². The van der Waals surface area contributed by atoms with Gasteiger partial charge in [-0.25, -0.2) is 0 Å². The molecule has 2 fully saturated rings. The van der Waals surface area contributed by atoms with Crippen molar-refractivity contribution in [3.63, 3.8) is 0 Å². The molecular weight excluding hydrogens is 264 g/mol. The number of amides is 1. The van der Waals surface area contributed by atoms with Crippen molar-refractivity contribution >= 4 is 5.91 Å². The van der Waals surface area contributed by atoms with E-state index in [1.54, 1.807) is 0 Å². The summed E-state index contributed by atoms with van der Waals surface area (Å²) >= 11 is 0. The average Bonchev–Trinajstić information content (AvgIpc) is 2.52. The van der Waals surface area contributed by atoms with Crippen molar-refractivity contribution in [1.29, 1.82) is 0 Å². The van der Waals surface area contributed by atoms with E-state index in [0.717, 1.165) is 32.2 Å². The monoisotopic (exact) mass is 288 g/mol. The van der Waals surface area contributed by atoms with Gasteiger partial charge in [-0.1, -0.05) is 30.3 Å². The Bertz CT molecular complexity index is 469. The van der Waals surface area contributed by atoms with Crippen LogP contribution in [-0.4, -0.2) is 42.6 Å². The molecule has 0 unspecified atom stereocenters. The van der Waals surface area contributed by atoms with E-state index in [9.17, 15) is 4.79 Å². The minimum Gasteiger partial charge on any atom is -0.363 e. The molecule has 1 aliphatic carbocycles. The highest BCUT2D eigenvalue weighted by atomic mass is 16.5. The van der Waals surface area contributed by atoms with Gasteiger partial charge < -0.3 is 10.1 Å². The third-order valence-electron chi connectivity index (χ3n) is 4.88. The summed E-state index contributed by atoms with van der Waals surface area (Å²) in [6, 6.07) is 11.2. The molecule has 1 aliphatic heterocycles. The van der Waals surface area contributed by atoms with E-state index in [-0.39, 0.29) is 18.1 Å². The number of hydrogen-bond donors (Lipinski definition) is 1. The number of hydrogen-bond acceptors (Lipinski definition) is 3. The van der Waals surface area contributed by atoms with Gasteiger partial charge in [-0.05, 0) is 38.3 Å². The zero-order valence-corrected chi connectivity index (χ0v) is 12.7. The molecule has 1 saturated heterocycles. The van der Waals surface area contributed by atoms with Gasteiger partial charge in [0.2, 0.25) is 5.91 Å². The standard InChI is InChI=1S/C17H24N2O2/c1-19(11-14-5-3-2-4-6-14)15-7-9-17(10-8-15)13-18-16(20)12-21-17/h2-6,15H,7-13H2,1H3,(H,18,20). The van der Waals surface area contributed by atoms with Crippen LogP contribution in [0, 0.1) is 0 Å². The summed E-state index contributed by atoms with van der Waals surface area (Å²) in [4.78, 5) is 13.7. The normalized spacial score (nSPS) is 29.6. The summed E-state index contributed by atoms with van der Waals surface area (Å²) in [6.07, 6.45) is 4.35. The zero-order valence-electron chi connectivity index (χ0n) is 12.7. The van der Waals surface area contributed by atoms with Gasteiger partial charge in [-0.3, -0.25) is 9.69 Å². The van der Waals surface area contributed by atoms with Gasteiger partial charge >= 0.3 is 0 Å². The van der Waals surface area contributed by atoms with Crippen molar-refractivity contribution in [3.05, 3.63) is 35.9 Å². The smallest absolute Gasteiger partial charge is 0.246 e. The summed E-state index contributed by atoms with van der Waals surface area (Å²) < 4.78 is 5.83. The van der Waals surface area contributed by atoms with E-state index < -0.39 is 0 Å². The second-order valence-corrected chi connectivity index (χ2v) is 6.38. The Morgan fingerprint density at radius 2 is 2.00 bits per heavy atom. The molecule has 1 aromatic rings. The van der Waals surface area contributed by atoms with E-state index in [4.69, 9.17) is 4.74 Å². The Labute approximate surface area is 126 Å². The van der Waals surface area contributed by atoms with Crippen LogP contribution in [-0.2, 0) is 16.1 Å². The van der Waals surface area contributed by atoms with Crippen LogP contribution >= 0.6 is 0 Å². The van der Waals surface area contributed by atoms with Crippen LogP contribution in [0.3, 0.4) is 0 Å². The van der Waals surface area contributed by atoms with Gasteiger partial charge in [0.15, 0.2) is 0 Å².